The van der Waals surface area contributed by atoms with Crippen LogP contribution in [-0.2, 0) is 0 Å². The minimum Gasteiger partial charge on any atom is -0.355 e. The van der Waals surface area contributed by atoms with Crippen LogP contribution in [0.25, 0.3) is 0 Å². The van der Waals surface area contributed by atoms with Gasteiger partial charge in [-0.3, -0.25) is 4.79 Å². The first-order valence-electron chi connectivity index (χ1n) is 11.0. The number of anilines is 1. The standard InChI is InChI=1S/C27H37NO/c1-18(2)21-15-12-16-22(19(3)4)23(21)28-25(26(5,6)17-27(28,7)8)24(29)20-13-10-9-11-14-20/h9-16,18-19,25H,17H2,1-8H3. The molecule has 0 N–H and O–H groups in total. The average Bonchev–Trinajstić information content (AvgIpc) is 2.84. The molecule has 1 atom stereocenters. The number of benzene rings is 2. The van der Waals surface area contributed by atoms with Crippen molar-refractivity contribution in [3.8, 4) is 0 Å². The third kappa shape index (κ3) is 3.86. The van der Waals surface area contributed by atoms with Crippen LogP contribution in [0.4, 0.5) is 5.69 Å². The summed E-state index contributed by atoms with van der Waals surface area (Å²) >= 11 is 0. The van der Waals surface area contributed by atoms with Crippen LogP contribution in [0.3, 0.4) is 0 Å². The number of carbonyl (C=O) groups is 1. The van der Waals surface area contributed by atoms with Crippen molar-refractivity contribution < 1.29 is 4.79 Å². The molecule has 0 radical (unpaired) electrons. The minimum atomic E-state index is -0.183. The molecule has 0 amide bonds. The number of hydrogen-bond donors (Lipinski definition) is 0. The predicted molar refractivity (Wildman–Crippen MR) is 124 cm³/mol. The Hall–Kier alpha value is -2.09. The topological polar surface area (TPSA) is 20.3 Å². The summed E-state index contributed by atoms with van der Waals surface area (Å²) in [6.07, 6.45) is 0.979. The molecular formula is C27H37NO. The fourth-order valence-electron chi connectivity index (χ4n) is 5.45. The molecule has 1 saturated heterocycles. The zero-order valence-corrected chi connectivity index (χ0v) is 19.4. The smallest absolute Gasteiger partial charge is 0.185 e. The highest BCUT2D eigenvalue weighted by Crippen LogP contribution is 2.52. The third-order valence-electron chi connectivity index (χ3n) is 6.43. The lowest BCUT2D eigenvalue weighted by Crippen LogP contribution is -2.50. The Labute approximate surface area is 177 Å². The molecule has 2 aromatic rings. The Kier molecular flexibility index (Phi) is 5.69. The van der Waals surface area contributed by atoms with E-state index >= 15 is 0 Å². The van der Waals surface area contributed by atoms with Crippen molar-refractivity contribution in [3.05, 3.63) is 65.2 Å². The van der Waals surface area contributed by atoms with Crippen molar-refractivity contribution >= 4 is 11.5 Å². The molecule has 0 saturated carbocycles. The van der Waals surface area contributed by atoms with Gasteiger partial charge >= 0.3 is 0 Å². The largest absolute Gasteiger partial charge is 0.355 e. The molecule has 156 valence electrons. The minimum absolute atomic E-state index is 0.104. The van der Waals surface area contributed by atoms with Crippen LogP contribution in [0, 0.1) is 5.41 Å². The molecule has 1 fully saturated rings. The lowest BCUT2D eigenvalue weighted by molar-refractivity contribution is 0.0910. The number of Topliss-reactive ketones (excluding diaryl/α,β-unsaturated/α-hetero) is 1. The zero-order valence-electron chi connectivity index (χ0n) is 19.4. The van der Waals surface area contributed by atoms with E-state index in [-0.39, 0.29) is 22.8 Å². The van der Waals surface area contributed by atoms with E-state index in [0.717, 1.165) is 12.0 Å². The number of hydrogen-bond acceptors (Lipinski definition) is 2. The molecule has 1 aliphatic heterocycles. The Bertz CT molecular complexity index is 850. The van der Waals surface area contributed by atoms with Gasteiger partial charge in [0.05, 0.1) is 6.04 Å². The van der Waals surface area contributed by atoms with Gasteiger partial charge in [-0.1, -0.05) is 90.1 Å². The van der Waals surface area contributed by atoms with Gasteiger partial charge in [-0.15, -0.1) is 0 Å². The van der Waals surface area contributed by atoms with E-state index in [1.165, 1.54) is 16.8 Å². The highest BCUT2D eigenvalue weighted by Gasteiger charge is 2.54. The molecule has 3 rings (SSSR count). The van der Waals surface area contributed by atoms with Crippen molar-refractivity contribution in [2.75, 3.05) is 4.90 Å². The molecular weight excluding hydrogens is 354 g/mol. The molecule has 2 heteroatoms. The highest BCUT2D eigenvalue weighted by molar-refractivity contribution is 6.03. The quantitative estimate of drug-likeness (QED) is 0.502. The van der Waals surface area contributed by atoms with Crippen molar-refractivity contribution in [3.63, 3.8) is 0 Å². The number of nitrogens with zero attached hydrogens (tertiary/aromatic N) is 1. The first-order valence-corrected chi connectivity index (χ1v) is 11.0. The average molecular weight is 392 g/mol. The van der Waals surface area contributed by atoms with E-state index in [4.69, 9.17) is 0 Å². The first-order chi connectivity index (χ1) is 13.5. The van der Waals surface area contributed by atoms with Crippen molar-refractivity contribution in [1.29, 1.82) is 0 Å². The molecule has 1 unspecified atom stereocenters. The van der Waals surface area contributed by atoms with Crippen LogP contribution in [0.2, 0.25) is 0 Å². The van der Waals surface area contributed by atoms with Crippen LogP contribution in [0.15, 0.2) is 48.5 Å². The molecule has 1 heterocycles. The van der Waals surface area contributed by atoms with E-state index in [2.05, 4.69) is 78.5 Å². The van der Waals surface area contributed by atoms with E-state index in [0.29, 0.717) is 11.8 Å². The third-order valence-corrected chi connectivity index (χ3v) is 6.43. The Morgan fingerprint density at radius 1 is 0.862 bits per heavy atom. The van der Waals surface area contributed by atoms with Crippen LogP contribution >= 0.6 is 0 Å². The number of carbonyl (C=O) groups excluding carboxylic acids is 1. The Morgan fingerprint density at radius 2 is 1.38 bits per heavy atom. The summed E-state index contributed by atoms with van der Waals surface area (Å²) in [4.78, 5) is 16.3. The summed E-state index contributed by atoms with van der Waals surface area (Å²) in [6, 6.07) is 16.3. The second-order valence-electron chi connectivity index (χ2n) is 10.6. The summed E-state index contributed by atoms with van der Waals surface area (Å²) in [7, 11) is 0. The van der Waals surface area contributed by atoms with Gasteiger partial charge in [0, 0.05) is 16.8 Å². The fourth-order valence-corrected chi connectivity index (χ4v) is 5.45. The van der Waals surface area contributed by atoms with Gasteiger partial charge < -0.3 is 4.90 Å². The van der Waals surface area contributed by atoms with Crippen molar-refractivity contribution in [1.82, 2.24) is 0 Å². The predicted octanol–water partition coefficient (Wildman–Crippen LogP) is 7.20. The molecule has 0 bridgehead atoms. The molecule has 2 nitrogen and oxygen atoms in total. The molecule has 1 aliphatic rings. The maximum absolute atomic E-state index is 13.9. The van der Waals surface area contributed by atoms with E-state index in [9.17, 15) is 4.79 Å². The highest BCUT2D eigenvalue weighted by atomic mass is 16.1. The second-order valence-corrected chi connectivity index (χ2v) is 10.6. The summed E-state index contributed by atoms with van der Waals surface area (Å²) in [5.74, 6) is 1.03. The maximum Gasteiger partial charge on any atom is 0.185 e. The lowest BCUT2D eigenvalue weighted by atomic mass is 9.78. The van der Waals surface area contributed by atoms with Crippen LogP contribution < -0.4 is 4.90 Å². The number of para-hydroxylation sites is 1. The molecule has 0 aliphatic carbocycles. The number of rotatable bonds is 5. The summed E-state index contributed by atoms with van der Waals surface area (Å²) in [5.41, 5.74) is 4.55. The van der Waals surface area contributed by atoms with Gasteiger partial charge in [0.2, 0.25) is 0 Å². The SMILES string of the molecule is CC(C)c1cccc(C(C)C)c1N1C(C(=O)c2ccccc2)C(C)(C)CC1(C)C. The first kappa shape index (κ1) is 21.6. The summed E-state index contributed by atoms with van der Waals surface area (Å²) in [5, 5.41) is 0. The lowest BCUT2D eigenvalue weighted by Gasteiger charge is -2.42. The molecule has 2 aromatic carbocycles. The van der Waals surface area contributed by atoms with E-state index in [1.54, 1.807) is 0 Å². The van der Waals surface area contributed by atoms with Gasteiger partial charge in [-0.25, -0.2) is 0 Å². The molecule has 29 heavy (non-hydrogen) atoms. The monoisotopic (exact) mass is 391 g/mol. The summed E-state index contributed by atoms with van der Waals surface area (Å²) < 4.78 is 0. The van der Waals surface area contributed by atoms with Gasteiger partial charge in [-0.05, 0) is 48.6 Å². The summed E-state index contributed by atoms with van der Waals surface area (Å²) in [6.45, 7) is 18.1. The maximum atomic E-state index is 13.9. The molecule has 0 aromatic heterocycles. The van der Waals surface area contributed by atoms with Crippen LogP contribution in [0.1, 0.15) is 95.1 Å². The van der Waals surface area contributed by atoms with Crippen LogP contribution in [-0.4, -0.2) is 17.4 Å². The van der Waals surface area contributed by atoms with Gasteiger partial charge in [0.25, 0.3) is 0 Å². The van der Waals surface area contributed by atoms with E-state index < -0.39 is 0 Å². The van der Waals surface area contributed by atoms with Gasteiger partial charge in [-0.2, -0.15) is 0 Å². The number of ketones is 1. The second kappa shape index (κ2) is 7.63. The van der Waals surface area contributed by atoms with Gasteiger partial charge in [0.15, 0.2) is 5.78 Å². The van der Waals surface area contributed by atoms with E-state index in [1.807, 2.05) is 30.3 Å². The zero-order chi connectivity index (χ0) is 21.6. The van der Waals surface area contributed by atoms with Gasteiger partial charge in [0.1, 0.15) is 0 Å². The Balaban J connectivity index is 2.27. The van der Waals surface area contributed by atoms with Crippen molar-refractivity contribution in [2.45, 2.75) is 85.2 Å². The van der Waals surface area contributed by atoms with Crippen LogP contribution in [0.5, 0.6) is 0 Å². The Morgan fingerprint density at radius 3 is 1.86 bits per heavy atom. The van der Waals surface area contributed by atoms with Crippen molar-refractivity contribution in [2.24, 2.45) is 5.41 Å². The normalized spacial score (nSPS) is 20.5. The molecule has 0 spiro atoms. The fraction of sp³-hybridized carbons (Fsp3) is 0.519.